The second-order valence-electron chi connectivity index (χ2n) is 19.4. The Kier molecular flexibility index (Phi) is 18.7. The molecule has 4 aliphatic heterocycles. The van der Waals surface area contributed by atoms with Crippen LogP contribution in [0, 0.1) is 5.92 Å². The van der Waals surface area contributed by atoms with Gasteiger partial charge in [-0.2, -0.15) is 0 Å². The summed E-state index contributed by atoms with van der Waals surface area (Å²) in [5, 5.41) is 29.6. The summed E-state index contributed by atoms with van der Waals surface area (Å²) < 4.78 is 39.6. The highest BCUT2D eigenvalue weighted by Gasteiger charge is 2.46. The summed E-state index contributed by atoms with van der Waals surface area (Å²) >= 11 is 0. The fraction of sp³-hybridized carbons (Fsp3) is 0.463. The largest absolute Gasteiger partial charge is 0.493 e. The lowest BCUT2D eigenvalue weighted by Gasteiger charge is -2.30. The van der Waals surface area contributed by atoms with E-state index in [2.05, 4.69) is 29.1 Å². The molecule has 414 valence electrons. The Morgan fingerprint density at radius 3 is 1.97 bits per heavy atom. The van der Waals surface area contributed by atoms with Crippen molar-refractivity contribution in [2.24, 2.45) is 5.92 Å². The molecule has 0 bridgehead atoms. The second kappa shape index (κ2) is 25.3. The molecule has 7 amide bonds. The van der Waals surface area contributed by atoms with Gasteiger partial charge in [-0.3, -0.25) is 28.9 Å². The predicted molar refractivity (Wildman–Crippen MR) is 280 cm³/mol. The SMILES string of the molecule is C=C1C[C@H]2CN(C(=O)OCc3ccc(NC(=O)C(C)NC(=O)C(NC(=O)CCOCCOC)C(C)C)cc3)c3cc(OCCCOc4cc5c(cc4OC)C(=O)N4CC(=C)C[C@H]4[C@H](O)N5C(=O)O)c(OC)cc3C(=O)N2C1. The number of carbonyl (C=O) groups excluding carboxylic acids is 6. The highest BCUT2D eigenvalue weighted by molar-refractivity contribution is 6.07. The standard InChI is InChI=1S/C54H67N7O16/c1-30(2)47(57-46(62)14-17-74-19-18-71-6)49(64)55-33(5)48(63)56-35-12-10-34(11-13-35)29-77-54(70)60-28-36-20-31(3)26-58(36)50(65)37-22-42(72-7)44(24-39(37)60)75-15-9-16-76-45-25-40-38(23-43(45)73-8)51(66)59-27-32(4)21-41(59)52(67)61(40)53(68)69/h10-13,22-25,30,33,36,41,47,52,67H,3-4,9,14-21,26-29H2,1-2,5-8H3,(H,55,64)(H,56,63)(H,57,62)(H,68,69)/t33?,36-,41-,47?,52-/m0/s1. The molecule has 5 N–H and O–H groups in total. The van der Waals surface area contributed by atoms with Crippen LogP contribution >= 0.6 is 0 Å². The maximum Gasteiger partial charge on any atom is 0.414 e. The van der Waals surface area contributed by atoms with Gasteiger partial charge in [-0.1, -0.05) is 50.3 Å². The molecule has 0 aliphatic carbocycles. The van der Waals surface area contributed by atoms with Crippen molar-refractivity contribution >= 4 is 58.8 Å². The Morgan fingerprint density at radius 2 is 1.35 bits per heavy atom. The van der Waals surface area contributed by atoms with E-state index in [1.165, 1.54) is 49.1 Å². The molecule has 0 aromatic heterocycles. The summed E-state index contributed by atoms with van der Waals surface area (Å²) in [7, 11) is 4.35. The monoisotopic (exact) mass is 1070 g/mol. The number of aliphatic hydroxyl groups excluding tert-OH is 1. The molecule has 2 unspecified atom stereocenters. The molecule has 2 fully saturated rings. The molecular weight excluding hydrogens is 1000 g/mol. The van der Waals surface area contributed by atoms with Crippen LogP contribution in [0.25, 0.3) is 0 Å². The number of hydrogen-bond donors (Lipinski definition) is 5. The number of anilines is 3. The van der Waals surface area contributed by atoms with Crippen LogP contribution in [-0.4, -0.2) is 166 Å². The molecule has 0 spiro atoms. The number of nitrogens with zero attached hydrogens (tertiary/aromatic N) is 4. The summed E-state index contributed by atoms with van der Waals surface area (Å²) in [5.41, 5.74) is 2.88. The molecule has 0 radical (unpaired) electrons. The Labute approximate surface area is 445 Å². The maximum absolute atomic E-state index is 14.1. The van der Waals surface area contributed by atoms with Gasteiger partial charge in [0, 0.05) is 50.9 Å². The molecule has 5 atom stereocenters. The summed E-state index contributed by atoms with van der Waals surface area (Å²) in [6, 6.07) is 9.31. The number of carbonyl (C=O) groups is 7. The molecule has 23 nitrogen and oxygen atoms in total. The van der Waals surface area contributed by atoms with Crippen molar-refractivity contribution in [3.05, 3.63) is 89.5 Å². The molecule has 2 saturated heterocycles. The van der Waals surface area contributed by atoms with Crippen molar-refractivity contribution in [1.29, 1.82) is 0 Å². The molecular formula is C54H67N7O16. The molecule has 4 heterocycles. The number of amides is 7. The Morgan fingerprint density at radius 1 is 0.740 bits per heavy atom. The molecule has 0 saturated carbocycles. The fourth-order valence-corrected chi connectivity index (χ4v) is 9.47. The lowest BCUT2D eigenvalue weighted by atomic mass is 10.0. The lowest BCUT2D eigenvalue weighted by Crippen LogP contribution is -2.53. The number of ether oxygens (including phenoxy) is 7. The third-order valence-corrected chi connectivity index (χ3v) is 13.5. The van der Waals surface area contributed by atoms with Gasteiger partial charge in [0.1, 0.15) is 18.7 Å². The number of rotatable bonds is 22. The zero-order valence-electron chi connectivity index (χ0n) is 44.1. The molecule has 77 heavy (non-hydrogen) atoms. The second-order valence-corrected chi connectivity index (χ2v) is 19.4. The number of fused-ring (bicyclic) bond motifs is 4. The third kappa shape index (κ3) is 13.2. The van der Waals surface area contributed by atoms with Gasteiger partial charge in [0.05, 0.1) is 88.4 Å². The number of methoxy groups -OCH3 is 3. The Bertz CT molecular complexity index is 2750. The quantitative estimate of drug-likeness (QED) is 0.0674. The summed E-state index contributed by atoms with van der Waals surface area (Å²) in [6.45, 7) is 14.5. The van der Waals surface area contributed by atoms with Crippen LogP contribution in [0.5, 0.6) is 23.0 Å². The van der Waals surface area contributed by atoms with Crippen molar-refractivity contribution in [2.45, 2.75) is 83.5 Å². The highest BCUT2D eigenvalue weighted by Crippen LogP contribution is 2.43. The minimum atomic E-state index is -1.57. The fourth-order valence-electron chi connectivity index (χ4n) is 9.47. The first-order chi connectivity index (χ1) is 36.8. The minimum Gasteiger partial charge on any atom is -0.493 e. The van der Waals surface area contributed by atoms with E-state index in [4.69, 9.17) is 33.2 Å². The van der Waals surface area contributed by atoms with Gasteiger partial charge in [-0.15, -0.1) is 0 Å². The first-order valence-corrected chi connectivity index (χ1v) is 25.2. The first-order valence-electron chi connectivity index (χ1n) is 25.2. The van der Waals surface area contributed by atoms with Crippen molar-refractivity contribution in [2.75, 3.05) is 89.1 Å². The normalized spacial score (nSPS) is 18.5. The zero-order chi connectivity index (χ0) is 55.7. The third-order valence-electron chi connectivity index (χ3n) is 13.5. The van der Waals surface area contributed by atoms with E-state index in [1.807, 2.05) is 0 Å². The molecule has 3 aromatic carbocycles. The smallest absolute Gasteiger partial charge is 0.414 e. The van der Waals surface area contributed by atoms with E-state index in [9.17, 15) is 43.8 Å². The van der Waals surface area contributed by atoms with Crippen molar-refractivity contribution in [1.82, 2.24) is 20.4 Å². The lowest BCUT2D eigenvalue weighted by molar-refractivity contribution is -0.132. The maximum atomic E-state index is 14.1. The van der Waals surface area contributed by atoms with Gasteiger partial charge in [0.25, 0.3) is 11.8 Å². The van der Waals surface area contributed by atoms with E-state index in [0.29, 0.717) is 43.0 Å². The van der Waals surface area contributed by atoms with Gasteiger partial charge >= 0.3 is 12.2 Å². The van der Waals surface area contributed by atoms with Crippen LogP contribution in [0.3, 0.4) is 0 Å². The van der Waals surface area contributed by atoms with Crippen LogP contribution in [0.1, 0.15) is 72.7 Å². The summed E-state index contributed by atoms with van der Waals surface area (Å²) in [5.74, 6) is -1.75. The zero-order valence-corrected chi connectivity index (χ0v) is 44.1. The predicted octanol–water partition coefficient (Wildman–Crippen LogP) is 4.70. The summed E-state index contributed by atoms with van der Waals surface area (Å²) in [4.78, 5) is 98.5. The number of carboxylic acid groups (broad SMARTS) is 1. The van der Waals surface area contributed by atoms with Crippen LogP contribution in [-0.2, 0) is 35.2 Å². The van der Waals surface area contributed by atoms with E-state index < -0.39 is 60.3 Å². The van der Waals surface area contributed by atoms with Crippen LogP contribution in [0.4, 0.5) is 26.7 Å². The van der Waals surface area contributed by atoms with Crippen LogP contribution in [0.15, 0.2) is 72.8 Å². The molecule has 4 aliphatic rings. The number of nitrogens with one attached hydrogen (secondary N) is 3. The number of hydrogen-bond acceptors (Lipinski definition) is 15. The number of aliphatic hydroxyl groups is 1. The van der Waals surface area contributed by atoms with Gasteiger partial charge in [-0.25, -0.2) is 14.5 Å². The molecule has 3 aromatic rings. The topological polar surface area (TPSA) is 274 Å². The highest BCUT2D eigenvalue weighted by atomic mass is 16.6. The molecule has 23 heteroatoms. The van der Waals surface area contributed by atoms with E-state index in [0.717, 1.165) is 10.5 Å². The van der Waals surface area contributed by atoms with Gasteiger partial charge in [-0.05, 0) is 55.5 Å². The minimum absolute atomic E-state index is 0.0139. The van der Waals surface area contributed by atoms with Gasteiger partial charge in [0.2, 0.25) is 17.7 Å². The Hall–Kier alpha value is -7.89. The van der Waals surface area contributed by atoms with Crippen molar-refractivity contribution < 1.29 is 76.9 Å². The van der Waals surface area contributed by atoms with Crippen LogP contribution < -0.4 is 44.7 Å². The molecule has 7 rings (SSSR count). The van der Waals surface area contributed by atoms with E-state index >= 15 is 0 Å². The van der Waals surface area contributed by atoms with E-state index in [1.54, 1.807) is 56.2 Å². The van der Waals surface area contributed by atoms with Crippen molar-refractivity contribution in [3.8, 4) is 23.0 Å². The van der Waals surface area contributed by atoms with Crippen molar-refractivity contribution in [3.63, 3.8) is 0 Å². The van der Waals surface area contributed by atoms with Gasteiger partial charge < -0.3 is 69.1 Å². The average molecular weight is 1070 g/mol. The van der Waals surface area contributed by atoms with Gasteiger partial charge in [0.15, 0.2) is 29.2 Å². The summed E-state index contributed by atoms with van der Waals surface area (Å²) in [6.07, 6.45) is -2.75. The average Bonchev–Trinajstić information content (AvgIpc) is 3.99. The van der Waals surface area contributed by atoms with E-state index in [-0.39, 0.29) is 122 Å². The first kappa shape index (κ1) is 56.8. The Balaban J connectivity index is 0.977. The van der Waals surface area contributed by atoms with Crippen LogP contribution in [0.2, 0.25) is 0 Å². The number of benzene rings is 3.